The number of ether oxygens (including phenoxy) is 1. The first-order valence-electron chi connectivity index (χ1n) is 7.69. The van der Waals surface area contributed by atoms with Gasteiger partial charge >= 0.3 is 0 Å². The molecule has 22 heavy (non-hydrogen) atoms. The minimum atomic E-state index is -0.281. The van der Waals surface area contributed by atoms with E-state index in [0.717, 1.165) is 19.4 Å². The molecular weight excluding hydrogens is 284 g/mol. The van der Waals surface area contributed by atoms with Crippen molar-refractivity contribution in [1.29, 1.82) is 0 Å². The second kappa shape index (κ2) is 5.57. The first-order chi connectivity index (χ1) is 10.8. The molecule has 1 aliphatic heterocycles. The quantitative estimate of drug-likeness (QED) is 0.917. The van der Waals surface area contributed by atoms with E-state index in [1.54, 1.807) is 12.3 Å². The van der Waals surface area contributed by atoms with Crippen molar-refractivity contribution in [2.75, 3.05) is 11.9 Å². The van der Waals surface area contributed by atoms with E-state index in [9.17, 15) is 4.79 Å². The van der Waals surface area contributed by atoms with Crippen LogP contribution in [0.15, 0.2) is 23.1 Å². The molecule has 1 N–H and O–H groups in total. The number of carbonyl (C=O) groups excluding carboxylic acids is 1. The van der Waals surface area contributed by atoms with E-state index in [-0.39, 0.29) is 12.0 Å². The number of hydrogen-bond donors (Lipinski definition) is 1. The highest BCUT2D eigenvalue weighted by Crippen LogP contribution is 2.32. The second-order valence-corrected chi connectivity index (χ2v) is 5.86. The first-order valence-corrected chi connectivity index (χ1v) is 7.69. The minimum Gasteiger partial charge on any atom is -0.445 e. The average Bonchev–Trinajstić information content (AvgIpc) is 2.96. The summed E-state index contributed by atoms with van der Waals surface area (Å²) in [6.07, 6.45) is 7.13. The molecule has 116 valence electrons. The fourth-order valence-corrected chi connectivity index (χ4v) is 2.74. The van der Waals surface area contributed by atoms with Crippen LogP contribution in [0.1, 0.15) is 48.0 Å². The van der Waals surface area contributed by atoms with Gasteiger partial charge in [-0.05, 0) is 31.6 Å². The number of rotatable bonds is 5. The number of oxazole rings is 1. The maximum atomic E-state index is 12.5. The maximum absolute atomic E-state index is 12.5. The third kappa shape index (κ3) is 2.64. The molecule has 0 unspecified atom stereocenters. The molecule has 7 nitrogen and oxygen atoms in total. The molecule has 2 aromatic heterocycles. The second-order valence-electron chi connectivity index (χ2n) is 5.86. The van der Waals surface area contributed by atoms with Crippen LogP contribution in [-0.4, -0.2) is 27.3 Å². The van der Waals surface area contributed by atoms with Crippen molar-refractivity contribution in [1.82, 2.24) is 14.8 Å². The molecule has 1 atom stereocenters. The summed E-state index contributed by atoms with van der Waals surface area (Å²) in [5.41, 5.74) is 0.297. The molecule has 0 spiro atoms. The highest BCUT2D eigenvalue weighted by molar-refractivity contribution is 6.03. The van der Waals surface area contributed by atoms with Gasteiger partial charge in [-0.15, -0.1) is 0 Å². The van der Waals surface area contributed by atoms with Crippen LogP contribution in [0.4, 0.5) is 5.82 Å². The molecule has 1 aliphatic carbocycles. The third-order valence-corrected chi connectivity index (χ3v) is 4.12. The van der Waals surface area contributed by atoms with E-state index in [2.05, 4.69) is 15.4 Å². The Balaban J connectivity index is 1.50. The van der Waals surface area contributed by atoms with Gasteiger partial charge in [0, 0.05) is 19.2 Å². The van der Waals surface area contributed by atoms with Crippen LogP contribution >= 0.6 is 0 Å². The van der Waals surface area contributed by atoms with Crippen LogP contribution in [0.5, 0.6) is 0 Å². The van der Waals surface area contributed by atoms with Gasteiger partial charge in [-0.3, -0.25) is 4.79 Å². The van der Waals surface area contributed by atoms with Gasteiger partial charge in [-0.1, -0.05) is 0 Å². The highest BCUT2D eigenvalue weighted by atomic mass is 16.5. The van der Waals surface area contributed by atoms with Gasteiger partial charge in [0.25, 0.3) is 5.91 Å². The molecule has 2 fully saturated rings. The van der Waals surface area contributed by atoms with Gasteiger partial charge in [0.05, 0.1) is 6.20 Å². The average molecular weight is 302 g/mol. The molecule has 0 radical (unpaired) electrons. The molecule has 1 amide bonds. The van der Waals surface area contributed by atoms with E-state index < -0.39 is 0 Å². The van der Waals surface area contributed by atoms with Crippen molar-refractivity contribution in [3.8, 4) is 0 Å². The monoisotopic (exact) mass is 302 g/mol. The Bertz CT molecular complexity index is 668. The van der Waals surface area contributed by atoms with Crippen LogP contribution in [0.25, 0.3) is 0 Å². The van der Waals surface area contributed by atoms with Crippen molar-refractivity contribution in [2.24, 2.45) is 5.92 Å². The van der Waals surface area contributed by atoms with Crippen molar-refractivity contribution in [3.63, 3.8) is 0 Å². The smallest absolute Gasteiger partial charge is 0.279 e. The summed E-state index contributed by atoms with van der Waals surface area (Å²) in [4.78, 5) is 16.5. The van der Waals surface area contributed by atoms with E-state index >= 15 is 0 Å². The molecule has 1 saturated heterocycles. The van der Waals surface area contributed by atoms with Crippen molar-refractivity contribution < 1.29 is 13.9 Å². The first kappa shape index (κ1) is 13.5. The molecular formula is C15H18N4O3. The maximum Gasteiger partial charge on any atom is 0.279 e. The molecule has 2 aromatic rings. The van der Waals surface area contributed by atoms with E-state index in [4.69, 9.17) is 9.15 Å². The Morgan fingerprint density at radius 2 is 2.32 bits per heavy atom. The number of nitrogens with zero attached hydrogens (tertiary/aromatic N) is 3. The number of amides is 1. The Kier molecular flexibility index (Phi) is 3.42. The molecule has 1 saturated carbocycles. The standard InChI is InChI=1S/C15H18N4O3/c20-15(13-14(22-9-16-13)11-2-1-7-21-11)18-12-5-6-17-19(12)8-10-3-4-10/h5-6,9-11H,1-4,7-8H2,(H,18,20)/t11-/m1/s1. The minimum absolute atomic E-state index is 0.167. The lowest BCUT2D eigenvalue weighted by Crippen LogP contribution is -2.18. The third-order valence-electron chi connectivity index (χ3n) is 4.12. The zero-order chi connectivity index (χ0) is 14.9. The zero-order valence-corrected chi connectivity index (χ0v) is 12.2. The van der Waals surface area contributed by atoms with Crippen molar-refractivity contribution >= 4 is 11.7 Å². The van der Waals surface area contributed by atoms with Crippen LogP contribution in [0.3, 0.4) is 0 Å². The summed E-state index contributed by atoms with van der Waals surface area (Å²) in [6.45, 7) is 1.54. The number of hydrogen-bond acceptors (Lipinski definition) is 5. The van der Waals surface area contributed by atoms with Crippen LogP contribution in [0.2, 0.25) is 0 Å². The normalized spacial score (nSPS) is 21.2. The Morgan fingerprint density at radius 1 is 1.41 bits per heavy atom. The van der Waals surface area contributed by atoms with Gasteiger partial charge in [0.2, 0.25) is 0 Å². The summed E-state index contributed by atoms with van der Waals surface area (Å²) in [6, 6.07) is 1.80. The van der Waals surface area contributed by atoms with Gasteiger partial charge in [0.15, 0.2) is 17.8 Å². The number of nitrogens with one attached hydrogen (secondary N) is 1. The van der Waals surface area contributed by atoms with Gasteiger partial charge in [-0.25, -0.2) is 9.67 Å². The lowest BCUT2D eigenvalue weighted by Gasteiger charge is -2.10. The fourth-order valence-electron chi connectivity index (χ4n) is 2.74. The Hall–Kier alpha value is -2.15. The fraction of sp³-hybridized carbons (Fsp3) is 0.533. The molecule has 7 heteroatoms. The highest BCUT2D eigenvalue weighted by Gasteiger charge is 2.29. The molecule has 0 aromatic carbocycles. The van der Waals surface area contributed by atoms with Gasteiger partial charge in [-0.2, -0.15) is 5.10 Å². The zero-order valence-electron chi connectivity index (χ0n) is 12.2. The van der Waals surface area contributed by atoms with Crippen LogP contribution < -0.4 is 5.32 Å². The Labute approximate surface area is 127 Å². The van der Waals surface area contributed by atoms with Gasteiger partial charge < -0.3 is 14.5 Å². The summed E-state index contributed by atoms with van der Waals surface area (Å²) in [5.74, 6) is 1.61. The molecule has 0 bridgehead atoms. The van der Waals surface area contributed by atoms with Crippen LogP contribution in [0, 0.1) is 5.92 Å². The van der Waals surface area contributed by atoms with E-state index in [0.29, 0.717) is 29.8 Å². The summed E-state index contributed by atoms with van der Waals surface area (Å²) < 4.78 is 12.8. The summed E-state index contributed by atoms with van der Waals surface area (Å²) in [7, 11) is 0. The summed E-state index contributed by atoms with van der Waals surface area (Å²) in [5, 5.41) is 7.14. The van der Waals surface area contributed by atoms with Crippen molar-refractivity contribution in [3.05, 3.63) is 30.1 Å². The van der Waals surface area contributed by atoms with Crippen LogP contribution in [-0.2, 0) is 11.3 Å². The van der Waals surface area contributed by atoms with Crippen molar-refractivity contribution in [2.45, 2.75) is 38.3 Å². The predicted molar refractivity (Wildman–Crippen MR) is 77.3 cm³/mol. The number of carbonyl (C=O) groups is 1. The molecule has 3 heterocycles. The largest absolute Gasteiger partial charge is 0.445 e. The lowest BCUT2D eigenvalue weighted by molar-refractivity contribution is 0.0889. The Morgan fingerprint density at radius 3 is 3.09 bits per heavy atom. The molecule has 4 rings (SSSR count). The molecule has 2 aliphatic rings. The van der Waals surface area contributed by atoms with E-state index in [1.165, 1.54) is 19.2 Å². The van der Waals surface area contributed by atoms with Gasteiger partial charge in [0.1, 0.15) is 11.9 Å². The lowest BCUT2D eigenvalue weighted by atomic mass is 10.1. The van der Waals surface area contributed by atoms with E-state index in [1.807, 2.05) is 4.68 Å². The summed E-state index contributed by atoms with van der Waals surface area (Å²) >= 11 is 0. The predicted octanol–water partition coefficient (Wildman–Crippen LogP) is 2.38. The SMILES string of the molecule is O=C(Nc1ccnn1CC1CC1)c1ncoc1[C@H]1CCCO1. The number of aromatic nitrogens is 3. The number of anilines is 1. The topological polar surface area (TPSA) is 82.2 Å².